The first-order valence-electron chi connectivity index (χ1n) is 11.7. The van der Waals surface area contributed by atoms with E-state index in [9.17, 15) is 9.59 Å². The number of carbonyl (C=O) groups is 2. The molecule has 166 valence electrons. The Morgan fingerprint density at radius 2 is 2.06 bits per heavy atom. The number of aliphatic imine (C=N–C) groups is 1. The maximum absolute atomic E-state index is 13.2. The molecule has 2 aromatic rings. The number of hydrogen-bond acceptors (Lipinski definition) is 5. The van der Waals surface area contributed by atoms with Gasteiger partial charge in [0, 0.05) is 44.2 Å². The third kappa shape index (κ3) is 4.14. The molecule has 2 aliphatic heterocycles. The zero-order valence-corrected chi connectivity index (χ0v) is 18.3. The van der Waals surface area contributed by atoms with Crippen molar-refractivity contribution in [2.45, 2.75) is 37.5 Å². The van der Waals surface area contributed by atoms with Gasteiger partial charge >= 0.3 is 0 Å². The van der Waals surface area contributed by atoms with Gasteiger partial charge in [-0.1, -0.05) is 36.4 Å². The van der Waals surface area contributed by atoms with Gasteiger partial charge < -0.3 is 20.3 Å². The van der Waals surface area contributed by atoms with Gasteiger partial charge in [0.1, 0.15) is 6.29 Å². The number of rotatable bonds is 5. The standard InChI is InChI=1S/C26H30N4O2/c31-14-10-23-20-7-1-2-8-21(20)24-17-30(13-9-22(23)24)25(32)16-18-5-3-6-19(15-18)29-26-27-11-4-12-28-26/h1-3,5-8,14-15,22-24H,4,9-13,16-17H2,(H2,27,28,29)/t22-,23-,24?/m0/s1. The van der Waals surface area contributed by atoms with Gasteiger partial charge in [-0.05, 0) is 53.5 Å². The molecule has 1 amide bonds. The molecule has 1 fully saturated rings. The summed E-state index contributed by atoms with van der Waals surface area (Å²) in [7, 11) is 0. The van der Waals surface area contributed by atoms with E-state index in [0.29, 0.717) is 30.6 Å². The van der Waals surface area contributed by atoms with Gasteiger partial charge in [0.2, 0.25) is 5.91 Å². The van der Waals surface area contributed by atoms with E-state index in [1.54, 1.807) is 0 Å². The molecule has 0 aromatic heterocycles. The molecule has 2 N–H and O–H groups in total. The van der Waals surface area contributed by atoms with E-state index < -0.39 is 0 Å². The summed E-state index contributed by atoms with van der Waals surface area (Å²) in [6, 6.07) is 16.5. The number of fused-ring (bicyclic) bond motifs is 3. The van der Waals surface area contributed by atoms with Crippen molar-refractivity contribution in [2.75, 3.05) is 31.5 Å². The fourth-order valence-electron chi connectivity index (χ4n) is 5.63. The minimum Gasteiger partial charge on any atom is -0.356 e. The number of piperidine rings is 1. The highest BCUT2D eigenvalue weighted by Gasteiger charge is 2.43. The molecule has 3 atom stereocenters. The second-order valence-corrected chi connectivity index (χ2v) is 9.05. The van der Waals surface area contributed by atoms with Gasteiger partial charge in [-0.3, -0.25) is 9.79 Å². The van der Waals surface area contributed by atoms with Crippen LogP contribution in [0, 0.1) is 5.92 Å². The second kappa shape index (κ2) is 9.15. The van der Waals surface area contributed by atoms with Crippen molar-refractivity contribution in [1.29, 1.82) is 0 Å². The summed E-state index contributed by atoms with van der Waals surface area (Å²) in [5.74, 6) is 2.05. The Kier molecular flexibility index (Phi) is 5.93. The zero-order chi connectivity index (χ0) is 21.9. The number of anilines is 1. The minimum absolute atomic E-state index is 0.171. The molecule has 3 aliphatic rings. The Labute approximate surface area is 189 Å². The van der Waals surface area contributed by atoms with Gasteiger partial charge in [-0.2, -0.15) is 0 Å². The average molecular weight is 431 g/mol. The maximum Gasteiger partial charge on any atom is 0.227 e. The molecular weight excluding hydrogens is 400 g/mol. The molecule has 0 bridgehead atoms. The predicted octanol–water partition coefficient (Wildman–Crippen LogP) is 3.31. The summed E-state index contributed by atoms with van der Waals surface area (Å²) in [5, 5.41) is 6.58. The third-order valence-electron chi connectivity index (χ3n) is 7.12. The molecule has 0 spiro atoms. The van der Waals surface area contributed by atoms with Gasteiger partial charge in [0.25, 0.3) is 0 Å². The summed E-state index contributed by atoms with van der Waals surface area (Å²) >= 11 is 0. The Morgan fingerprint density at radius 3 is 2.88 bits per heavy atom. The molecule has 1 unspecified atom stereocenters. The highest BCUT2D eigenvalue weighted by atomic mass is 16.2. The summed E-state index contributed by atoms with van der Waals surface area (Å²) in [4.78, 5) is 31.0. The zero-order valence-electron chi connectivity index (χ0n) is 18.3. The molecule has 2 heterocycles. The van der Waals surface area contributed by atoms with E-state index in [-0.39, 0.29) is 5.91 Å². The summed E-state index contributed by atoms with van der Waals surface area (Å²) in [6.45, 7) is 3.27. The molecule has 0 saturated carbocycles. The first kappa shape index (κ1) is 20.7. The first-order valence-corrected chi connectivity index (χ1v) is 11.7. The maximum atomic E-state index is 13.2. The number of nitrogens with zero attached hydrogens (tertiary/aromatic N) is 2. The van der Waals surface area contributed by atoms with Crippen LogP contribution in [0.5, 0.6) is 0 Å². The van der Waals surface area contributed by atoms with Crippen LogP contribution in [-0.2, 0) is 16.0 Å². The molecule has 6 nitrogen and oxygen atoms in total. The lowest BCUT2D eigenvalue weighted by molar-refractivity contribution is -0.132. The summed E-state index contributed by atoms with van der Waals surface area (Å²) in [5.41, 5.74) is 4.59. The molecule has 1 saturated heterocycles. The summed E-state index contributed by atoms with van der Waals surface area (Å²) in [6.07, 6.45) is 4.03. The van der Waals surface area contributed by atoms with Crippen molar-refractivity contribution in [1.82, 2.24) is 10.2 Å². The molecule has 0 radical (unpaired) electrons. The van der Waals surface area contributed by atoms with Crippen LogP contribution in [0.15, 0.2) is 53.5 Å². The van der Waals surface area contributed by atoms with Crippen LogP contribution in [-0.4, -0.2) is 49.2 Å². The van der Waals surface area contributed by atoms with Gasteiger partial charge in [0.05, 0.1) is 6.42 Å². The van der Waals surface area contributed by atoms with Crippen LogP contribution >= 0.6 is 0 Å². The fraction of sp³-hybridized carbons (Fsp3) is 0.423. The number of nitrogens with one attached hydrogen (secondary N) is 2. The lowest BCUT2D eigenvalue weighted by Crippen LogP contribution is -2.43. The van der Waals surface area contributed by atoms with E-state index >= 15 is 0 Å². The van der Waals surface area contributed by atoms with Crippen LogP contribution in [0.2, 0.25) is 0 Å². The monoisotopic (exact) mass is 430 g/mol. The van der Waals surface area contributed by atoms with E-state index in [2.05, 4.69) is 39.9 Å². The summed E-state index contributed by atoms with van der Waals surface area (Å²) < 4.78 is 0. The van der Waals surface area contributed by atoms with E-state index in [4.69, 9.17) is 0 Å². The van der Waals surface area contributed by atoms with Gasteiger partial charge in [0.15, 0.2) is 5.96 Å². The molecule has 32 heavy (non-hydrogen) atoms. The van der Waals surface area contributed by atoms with Crippen molar-refractivity contribution >= 4 is 23.8 Å². The SMILES string of the molecule is O=CC[C@H]1c2ccccc2C2CN(C(=O)Cc3cccc(NC4=NCCCN4)c3)CC[C@H]21. The number of hydrogen-bond donors (Lipinski definition) is 2. The molecule has 6 heteroatoms. The van der Waals surface area contributed by atoms with Crippen molar-refractivity contribution in [3.8, 4) is 0 Å². The normalized spacial score (nSPS) is 24.1. The lowest BCUT2D eigenvalue weighted by atomic mass is 9.80. The van der Waals surface area contributed by atoms with Crippen LogP contribution in [0.3, 0.4) is 0 Å². The number of guanidine groups is 1. The van der Waals surface area contributed by atoms with Crippen molar-refractivity contribution < 1.29 is 9.59 Å². The van der Waals surface area contributed by atoms with Crippen LogP contribution in [0.1, 0.15) is 47.8 Å². The van der Waals surface area contributed by atoms with E-state index in [0.717, 1.165) is 62.5 Å². The van der Waals surface area contributed by atoms with E-state index in [1.165, 1.54) is 11.1 Å². The van der Waals surface area contributed by atoms with E-state index in [1.807, 2.05) is 29.2 Å². The smallest absolute Gasteiger partial charge is 0.227 e. The highest BCUT2D eigenvalue weighted by Crippen LogP contribution is 2.51. The Hall–Kier alpha value is -3.15. The largest absolute Gasteiger partial charge is 0.356 e. The number of amides is 1. The van der Waals surface area contributed by atoms with Crippen LogP contribution in [0.4, 0.5) is 5.69 Å². The molecule has 5 rings (SSSR count). The molecule has 1 aliphatic carbocycles. The Morgan fingerprint density at radius 1 is 1.19 bits per heavy atom. The van der Waals surface area contributed by atoms with Crippen LogP contribution < -0.4 is 10.6 Å². The third-order valence-corrected chi connectivity index (χ3v) is 7.12. The van der Waals surface area contributed by atoms with Crippen molar-refractivity contribution in [2.24, 2.45) is 10.9 Å². The number of likely N-dealkylation sites (tertiary alicyclic amines) is 1. The average Bonchev–Trinajstić information content (AvgIpc) is 3.13. The minimum atomic E-state index is 0.171. The van der Waals surface area contributed by atoms with Gasteiger partial charge in [-0.15, -0.1) is 0 Å². The number of benzene rings is 2. The quantitative estimate of drug-likeness (QED) is 0.714. The Bertz CT molecular complexity index is 1030. The number of aldehydes is 1. The second-order valence-electron chi connectivity index (χ2n) is 9.05. The fourth-order valence-corrected chi connectivity index (χ4v) is 5.63. The highest BCUT2D eigenvalue weighted by molar-refractivity contribution is 5.94. The Balaban J connectivity index is 1.26. The lowest BCUT2D eigenvalue weighted by Gasteiger charge is -2.37. The first-order chi connectivity index (χ1) is 15.7. The van der Waals surface area contributed by atoms with Crippen molar-refractivity contribution in [3.05, 3.63) is 65.2 Å². The van der Waals surface area contributed by atoms with Crippen molar-refractivity contribution in [3.63, 3.8) is 0 Å². The molecule has 2 aromatic carbocycles. The number of carbonyl (C=O) groups excluding carboxylic acids is 2. The predicted molar refractivity (Wildman–Crippen MR) is 126 cm³/mol. The molecular formula is C26H30N4O2. The van der Waals surface area contributed by atoms with Gasteiger partial charge in [-0.25, -0.2) is 0 Å². The topological polar surface area (TPSA) is 73.8 Å². The van der Waals surface area contributed by atoms with Crippen LogP contribution in [0.25, 0.3) is 0 Å².